The fourth-order valence-corrected chi connectivity index (χ4v) is 4.43. The van der Waals surface area contributed by atoms with Crippen molar-refractivity contribution in [3.05, 3.63) is 89.0 Å². The zero-order chi connectivity index (χ0) is 24.2. The van der Waals surface area contributed by atoms with E-state index >= 15 is 0 Å². The highest BCUT2D eigenvalue weighted by atomic mass is 79.9. The van der Waals surface area contributed by atoms with Gasteiger partial charge < -0.3 is 15.7 Å². The number of unbranched alkanes of at least 4 members (excludes halogenated alkanes) is 1. The van der Waals surface area contributed by atoms with E-state index in [2.05, 4.69) is 36.6 Å². The molecule has 35 heavy (non-hydrogen) atoms. The Kier molecular flexibility index (Phi) is 6.63. The fourth-order valence-electron chi connectivity index (χ4n) is 4.08. The van der Waals surface area contributed by atoms with Crippen molar-refractivity contribution >= 4 is 44.1 Å². The van der Waals surface area contributed by atoms with Crippen molar-refractivity contribution in [2.24, 2.45) is 0 Å². The van der Waals surface area contributed by atoms with E-state index in [0.717, 1.165) is 33.9 Å². The minimum atomic E-state index is -0.0562. The number of carbonyl (C=O) groups excluding carboxylic acids is 1. The second kappa shape index (κ2) is 10.1. The Balaban J connectivity index is 1.20. The van der Waals surface area contributed by atoms with Crippen molar-refractivity contribution in [2.45, 2.75) is 12.8 Å². The first-order valence-electron chi connectivity index (χ1n) is 11.4. The molecule has 5 rings (SSSR count). The zero-order valence-corrected chi connectivity index (χ0v) is 20.5. The van der Waals surface area contributed by atoms with Crippen molar-refractivity contribution in [2.75, 3.05) is 18.4 Å². The van der Waals surface area contributed by atoms with Crippen LogP contribution in [0.1, 0.15) is 23.2 Å². The number of carbonyl (C=O) groups is 1. The highest BCUT2D eigenvalue weighted by molar-refractivity contribution is 9.10. The van der Waals surface area contributed by atoms with Gasteiger partial charge in [-0.3, -0.25) is 4.79 Å². The summed E-state index contributed by atoms with van der Waals surface area (Å²) in [5, 5.41) is 23.1. The maximum atomic E-state index is 12.7. The molecule has 0 fully saturated rings. The number of rotatable bonds is 8. The Morgan fingerprint density at radius 2 is 1.74 bits per heavy atom. The van der Waals surface area contributed by atoms with Crippen LogP contribution in [0.3, 0.4) is 0 Å². The Morgan fingerprint density at radius 3 is 2.63 bits per heavy atom. The lowest BCUT2D eigenvalue weighted by Gasteiger charge is -2.12. The molecule has 0 unspecified atom stereocenters. The van der Waals surface area contributed by atoms with Crippen LogP contribution in [0.4, 0.5) is 5.82 Å². The molecule has 0 bridgehead atoms. The van der Waals surface area contributed by atoms with Crippen LogP contribution in [0.2, 0.25) is 0 Å². The van der Waals surface area contributed by atoms with Crippen LogP contribution >= 0.6 is 15.9 Å². The summed E-state index contributed by atoms with van der Waals surface area (Å²) in [6, 6.07) is 22.7. The van der Waals surface area contributed by atoms with Gasteiger partial charge in [-0.05, 0) is 57.7 Å². The second-order valence-corrected chi connectivity index (χ2v) is 9.04. The average Bonchev–Trinajstić information content (AvgIpc) is 3.26. The summed E-state index contributed by atoms with van der Waals surface area (Å²) in [7, 11) is 0. The third kappa shape index (κ3) is 4.83. The number of nitrogens with one attached hydrogen (secondary N) is 2. The molecule has 0 spiro atoms. The van der Waals surface area contributed by atoms with Crippen molar-refractivity contribution in [3.63, 3.8) is 0 Å². The van der Waals surface area contributed by atoms with E-state index in [1.807, 2.05) is 60.7 Å². The number of nitrogens with zero attached hydrogens (tertiary/aromatic N) is 3. The quantitative estimate of drug-likeness (QED) is 0.226. The molecule has 0 aliphatic heterocycles. The van der Waals surface area contributed by atoms with E-state index in [0.29, 0.717) is 35.6 Å². The molecule has 1 amide bonds. The predicted octanol–water partition coefficient (Wildman–Crippen LogP) is 5.64. The molecule has 0 saturated heterocycles. The normalized spacial score (nSPS) is 11.1. The smallest absolute Gasteiger partial charge is 0.251 e. The lowest BCUT2D eigenvalue weighted by molar-refractivity contribution is 0.0954. The van der Waals surface area contributed by atoms with E-state index in [4.69, 9.17) is 0 Å². The third-order valence-electron chi connectivity index (χ3n) is 5.84. The Hall–Kier alpha value is -3.91. The SMILES string of the molecule is O=C(NCCCCNc1cc(-c2ccccc2O)nc2c(Br)cnn12)c1cccc2ccccc12. The highest BCUT2D eigenvalue weighted by Crippen LogP contribution is 2.31. The lowest BCUT2D eigenvalue weighted by Crippen LogP contribution is -2.25. The number of phenols is 1. The standard InChI is InChI=1S/C27H24BrN5O2/c28-22-17-31-33-25(16-23(32-26(22)33)21-11-3-4-13-24(21)34)29-14-5-6-15-30-27(35)20-12-7-9-18-8-1-2-10-19(18)20/h1-4,7-13,16-17,29,34H,5-6,14-15H2,(H,30,35). The molecule has 2 aromatic heterocycles. The maximum absolute atomic E-state index is 12.7. The number of aromatic hydroxyl groups is 1. The van der Waals surface area contributed by atoms with Crippen LogP contribution in [0.5, 0.6) is 5.75 Å². The van der Waals surface area contributed by atoms with Gasteiger partial charge in [0.15, 0.2) is 5.65 Å². The van der Waals surface area contributed by atoms with Gasteiger partial charge in [-0.2, -0.15) is 9.61 Å². The number of hydrogen-bond donors (Lipinski definition) is 3. The molecule has 5 aromatic rings. The average molecular weight is 530 g/mol. The number of fused-ring (bicyclic) bond motifs is 2. The highest BCUT2D eigenvalue weighted by Gasteiger charge is 2.13. The Bertz CT molecular complexity index is 1510. The molecule has 0 atom stereocenters. The summed E-state index contributed by atoms with van der Waals surface area (Å²) in [4.78, 5) is 17.4. The van der Waals surface area contributed by atoms with Gasteiger partial charge in [0.2, 0.25) is 0 Å². The second-order valence-electron chi connectivity index (χ2n) is 8.19. The monoisotopic (exact) mass is 529 g/mol. The third-order valence-corrected chi connectivity index (χ3v) is 6.40. The molecule has 0 radical (unpaired) electrons. The first kappa shape index (κ1) is 22.9. The number of amides is 1. The van der Waals surface area contributed by atoms with Crippen molar-refractivity contribution in [1.29, 1.82) is 0 Å². The molecule has 8 heteroatoms. The van der Waals surface area contributed by atoms with E-state index in [-0.39, 0.29) is 11.7 Å². The minimum Gasteiger partial charge on any atom is -0.507 e. The lowest BCUT2D eigenvalue weighted by atomic mass is 10.0. The summed E-state index contributed by atoms with van der Waals surface area (Å²) in [6.07, 6.45) is 3.38. The van der Waals surface area contributed by atoms with Gasteiger partial charge in [-0.15, -0.1) is 0 Å². The van der Waals surface area contributed by atoms with Crippen LogP contribution in [0.25, 0.3) is 27.7 Å². The molecule has 0 saturated carbocycles. The topological polar surface area (TPSA) is 91.5 Å². The summed E-state index contributed by atoms with van der Waals surface area (Å²) >= 11 is 3.50. The van der Waals surface area contributed by atoms with Gasteiger partial charge in [-0.25, -0.2) is 4.98 Å². The van der Waals surface area contributed by atoms with E-state index in [9.17, 15) is 9.90 Å². The van der Waals surface area contributed by atoms with Gasteiger partial charge in [0.1, 0.15) is 11.6 Å². The van der Waals surface area contributed by atoms with Crippen LogP contribution in [0, 0.1) is 0 Å². The summed E-state index contributed by atoms with van der Waals surface area (Å²) in [5.74, 6) is 0.894. The van der Waals surface area contributed by atoms with E-state index in [1.54, 1.807) is 22.8 Å². The van der Waals surface area contributed by atoms with Gasteiger partial charge >= 0.3 is 0 Å². The van der Waals surface area contributed by atoms with Crippen molar-refractivity contribution in [1.82, 2.24) is 19.9 Å². The molecule has 7 nitrogen and oxygen atoms in total. The van der Waals surface area contributed by atoms with Gasteiger partial charge in [-0.1, -0.05) is 48.5 Å². The largest absolute Gasteiger partial charge is 0.507 e. The van der Waals surface area contributed by atoms with E-state index < -0.39 is 0 Å². The van der Waals surface area contributed by atoms with Crippen LogP contribution in [-0.4, -0.2) is 38.7 Å². The summed E-state index contributed by atoms with van der Waals surface area (Å²) in [6.45, 7) is 1.28. The molecular formula is C27H24BrN5O2. The molecule has 176 valence electrons. The first-order valence-corrected chi connectivity index (χ1v) is 12.2. The number of aromatic nitrogens is 3. The molecule has 0 aliphatic rings. The fraction of sp³-hybridized carbons (Fsp3) is 0.148. The number of para-hydroxylation sites is 1. The van der Waals surface area contributed by atoms with Gasteiger partial charge in [0.25, 0.3) is 5.91 Å². The van der Waals surface area contributed by atoms with Gasteiger partial charge in [0.05, 0.1) is 16.4 Å². The number of halogens is 1. The number of hydrogen-bond acceptors (Lipinski definition) is 5. The van der Waals surface area contributed by atoms with Crippen LogP contribution in [0.15, 0.2) is 83.5 Å². The van der Waals surface area contributed by atoms with Crippen LogP contribution in [-0.2, 0) is 0 Å². The Labute approximate surface area is 211 Å². The minimum absolute atomic E-state index is 0.0562. The molecule has 3 aromatic carbocycles. The first-order chi connectivity index (χ1) is 17.1. The van der Waals surface area contributed by atoms with Crippen molar-refractivity contribution in [3.8, 4) is 17.0 Å². The zero-order valence-electron chi connectivity index (χ0n) is 18.9. The summed E-state index contributed by atoms with van der Waals surface area (Å²) < 4.78 is 2.50. The number of anilines is 1. The summed E-state index contributed by atoms with van der Waals surface area (Å²) in [5.41, 5.74) is 2.67. The van der Waals surface area contributed by atoms with Crippen molar-refractivity contribution < 1.29 is 9.90 Å². The number of phenolic OH excluding ortho intramolecular Hbond substituents is 1. The molecule has 2 heterocycles. The Morgan fingerprint density at radius 1 is 0.971 bits per heavy atom. The molecule has 0 aliphatic carbocycles. The molecule has 3 N–H and O–H groups in total. The number of benzene rings is 3. The van der Waals surface area contributed by atoms with Gasteiger partial charge in [0, 0.05) is 30.3 Å². The van der Waals surface area contributed by atoms with Crippen LogP contribution < -0.4 is 10.6 Å². The maximum Gasteiger partial charge on any atom is 0.251 e. The predicted molar refractivity (Wildman–Crippen MR) is 142 cm³/mol. The molecular weight excluding hydrogens is 506 g/mol. The van der Waals surface area contributed by atoms with E-state index in [1.165, 1.54) is 0 Å².